The largest absolute Gasteiger partial charge is 0.461 e. The van der Waals surface area contributed by atoms with Crippen LogP contribution in [0.1, 0.15) is 32.3 Å². The van der Waals surface area contributed by atoms with Crippen LogP contribution in [0.2, 0.25) is 0 Å². The molecule has 1 spiro atoms. The standard InChI is InChI=1S/C29H37BrN2O5S/c1-5-13-31(16-19-11-9-8-10-12-19)27(35)25-29-15-20(30)24(38-29)22(28(36)37-14-6-2)23(29)26(34)32(25)21(17-33)18(4)7-3/h5-6,8-12,18,20-25,33H,1-2,7,13-17H2,3-4H3/t18-,20?,21-,22+,23-,24+,25?,29?/m0/s1. The zero-order valence-corrected chi connectivity index (χ0v) is 24.4. The molecule has 3 heterocycles. The van der Waals surface area contributed by atoms with Gasteiger partial charge in [-0.3, -0.25) is 14.4 Å². The van der Waals surface area contributed by atoms with E-state index in [1.165, 1.54) is 6.08 Å². The van der Waals surface area contributed by atoms with E-state index in [0.29, 0.717) is 19.5 Å². The van der Waals surface area contributed by atoms with Crippen molar-refractivity contribution in [2.75, 3.05) is 19.8 Å². The van der Waals surface area contributed by atoms with Gasteiger partial charge in [-0.2, -0.15) is 0 Å². The number of hydrogen-bond donors (Lipinski definition) is 1. The molecule has 7 nitrogen and oxygen atoms in total. The number of aliphatic hydroxyl groups excluding tert-OH is 1. The molecule has 4 rings (SSSR count). The average Bonchev–Trinajstić information content (AvgIpc) is 3.51. The van der Waals surface area contributed by atoms with Crippen molar-refractivity contribution < 1.29 is 24.2 Å². The Balaban J connectivity index is 1.80. The minimum absolute atomic E-state index is 0.0374. The summed E-state index contributed by atoms with van der Waals surface area (Å²) in [5.74, 6) is -2.27. The van der Waals surface area contributed by atoms with Crippen LogP contribution in [0.5, 0.6) is 0 Å². The Kier molecular flexibility index (Phi) is 9.10. The lowest BCUT2D eigenvalue weighted by molar-refractivity contribution is -0.153. The van der Waals surface area contributed by atoms with Gasteiger partial charge in [-0.1, -0.05) is 85.3 Å². The molecule has 3 aliphatic heterocycles. The lowest BCUT2D eigenvalue weighted by atomic mass is 9.71. The summed E-state index contributed by atoms with van der Waals surface area (Å²) in [5, 5.41) is 10.3. The molecule has 3 unspecified atom stereocenters. The van der Waals surface area contributed by atoms with E-state index in [9.17, 15) is 19.5 Å². The van der Waals surface area contributed by atoms with Crippen LogP contribution < -0.4 is 0 Å². The van der Waals surface area contributed by atoms with Gasteiger partial charge >= 0.3 is 5.97 Å². The van der Waals surface area contributed by atoms with Gasteiger partial charge < -0.3 is 19.6 Å². The molecule has 2 bridgehead atoms. The van der Waals surface area contributed by atoms with E-state index in [1.807, 2.05) is 44.2 Å². The van der Waals surface area contributed by atoms with Gasteiger partial charge in [0.2, 0.25) is 11.8 Å². The highest BCUT2D eigenvalue weighted by molar-refractivity contribution is 9.09. The summed E-state index contributed by atoms with van der Waals surface area (Å²) in [6.45, 7) is 12.0. The number of ether oxygens (including phenoxy) is 1. The third-order valence-corrected chi connectivity index (χ3v) is 11.5. The minimum Gasteiger partial charge on any atom is -0.461 e. The number of thioether (sulfide) groups is 1. The summed E-state index contributed by atoms with van der Waals surface area (Å²) in [7, 11) is 0. The van der Waals surface area contributed by atoms with Crippen LogP contribution in [0.25, 0.3) is 0 Å². The predicted octanol–water partition coefficient (Wildman–Crippen LogP) is 3.80. The average molecular weight is 606 g/mol. The van der Waals surface area contributed by atoms with Gasteiger partial charge in [-0.25, -0.2) is 0 Å². The van der Waals surface area contributed by atoms with Gasteiger partial charge in [0.05, 0.1) is 29.2 Å². The van der Waals surface area contributed by atoms with Gasteiger partial charge in [0.1, 0.15) is 12.6 Å². The minimum atomic E-state index is -0.818. The summed E-state index contributed by atoms with van der Waals surface area (Å²) >= 11 is 5.34. The van der Waals surface area contributed by atoms with Crippen molar-refractivity contribution in [3.05, 3.63) is 61.2 Å². The highest BCUT2D eigenvalue weighted by atomic mass is 79.9. The number of aliphatic hydroxyl groups is 1. The molecule has 0 aromatic heterocycles. The van der Waals surface area contributed by atoms with Crippen molar-refractivity contribution in [1.82, 2.24) is 9.80 Å². The van der Waals surface area contributed by atoms with Gasteiger partial charge in [0.25, 0.3) is 0 Å². The van der Waals surface area contributed by atoms with Crippen LogP contribution in [0.4, 0.5) is 0 Å². The molecule has 9 heteroatoms. The molecule has 1 aromatic carbocycles. The van der Waals surface area contributed by atoms with E-state index in [1.54, 1.807) is 27.6 Å². The van der Waals surface area contributed by atoms with E-state index < -0.39 is 34.6 Å². The number of rotatable bonds is 12. The Morgan fingerprint density at radius 1 is 1.32 bits per heavy atom. The normalized spacial score (nSPS) is 31.0. The van der Waals surface area contributed by atoms with Gasteiger partial charge in [0.15, 0.2) is 0 Å². The van der Waals surface area contributed by atoms with E-state index >= 15 is 0 Å². The second-order valence-corrected chi connectivity index (χ2v) is 13.2. The molecule has 1 N–H and O–H groups in total. The van der Waals surface area contributed by atoms with Crippen molar-refractivity contribution in [3.8, 4) is 0 Å². The maximum absolute atomic E-state index is 14.6. The van der Waals surface area contributed by atoms with Crippen LogP contribution in [0.15, 0.2) is 55.6 Å². The number of nitrogens with zero attached hydrogens (tertiary/aromatic N) is 2. The number of halogens is 1. The molecular weight excluding hydrogens is 568 g/mol. The fraction of sp³-hybridized carbons (Fsp3) is 0.552. The number of amides is 2. The van der Waals surface area contributed by atoms with Crippen LogP contribution in [-0.2, 0) is 25.7 Å². The van der Waals surface area contributed by atoms with Crippen molar-refractivity contribution >= 4 is 45.5 Å². The molecule has 2 amide bonds. The maximum Gasteiger partial charge on any atom is 0.311 e. The SMILES string of the molecule is C=CCOC(=O)[C@H]1[C@@H]2SC3(CC2Br)C(C(=O)N(CC=C)Cc2ccccc2)N([C@@H](CO)[C@@H](C)CC)C(=O)[C@H]13. The first-order chi connectivity index (χ1) is 18.2. The Hall–Kier alpha value is -2.10. The fourth-order valence-electron chi connectivity index (χ4n) is 6.39. The first kappa shape index (κ1) is 28.9. The lowest BCUT2D eigenvalue weighted by Crippen LogP contribution is -2.58. The number of carbonyl (C=O) groups excluding carboxylic acids is 3. The van der Waals surface area contributed by atoms with E-state index in [2.05, 4.69) is 29.1 Å². The Labute approximate surface area is 237 Å². The molecule has 206 valence electrons. The molecule has 0 saturated carbocycles. The van der Waals surface area contributed by atoms with Crippen LogP contribution in [-0.4, -0.2) is 79.4 Å². The highest BCUT2D eigenvalue weighted by Gasteiger charge is 2.76. The van der Waals surface area contributed by atoms with Crippen LogP contribution in [0.3, 0.4) is 0 Å². The van der Waals surface area contributed by atoms with Crippen molar-refractivity contribution in [2.45, 2.75) is 60.1 Å². The smallest absolute Gasteiger partial charge is 0.311 e. The monoisotopic (exact) mass is 604 g/mol. The molecule has 1 aromatic rings. The number of fused-ring (bicyclic) bond motifs is 1. The first-order valence-electron chi connectivity index (χ1n) is 13.2. The second kappa shape index (κ2) is 12.0. The molecule has 3 saturated heterocycles. The van der Waals surface area contributed by atoms with Crippen molar-refractivity contribution in [1.29, 1.82) is 0 Å². The zero-order chi connectivity index (χ0) is 27.6. The molecule has 8 atom stereocenters. The quantitative estimate of drug-likeness (QED) is 0.222. The maximum atomic E-state index is 14.6. The molecule has 0 radical (unpaired) electrons. The van der Waals surface area contributed by atoms with E-state index in [-0.39, 0.29) is 41.0 Å². The Morgan fingerprint density at radius 3 is 2.63 bits per heavy atom. The van der Waals surface area contributed by atoms with Crippen LogP contribution >= 0.6 is 27.7 Å². The number of carbonyl (C=O) groups is 3. The number of esters is 1. The third kappa shape index (κ3) is 4.86. The fourth-order valence-corrected chi connectivity index (χ4v) is 9.97. The van der Waals surface area contributed by atoms with Crippen molar-refractivity contribution in [3.63, 3.8) is 0 Å². The summed E-state index contributed by atoms with van der Waals surface area (Å²) in [4.78, 5) is 45.5. The number of alkyl halides is 1. The molecule has 38 heavy (non-hydrogen) atoms. The molecule has 3 fully saturated rings. The number of hydrogen-bond acceptors (Lipinski definition) is 6. The molecular formula is C29H37BrN2O5S. The highest BCUT2D eigenvalue weighted by Crippen LogP contribution is 2.68. The summed E-state index contributed by atoms with van der Waals surface area (Å²) in [6.07, 6.45) is 4.51. The van der Waals surface area contributed by atoms with Crippen LogP contribution in [0, 0.1) is 17.8 Å². The van der Waals surface area contributed by atoms with E-state index in [0.717, 1.165) is 12.0 Å². The second-order valence-electron chi connectivity index (χ2n) is 10.5. The van der Waals surface area contributed by atoms with Gasteiger partial charge in [0, 0.05) is 23.2 Å². The zero-order valence-electron chi connectivity index (χ0n) is 22.0. The summed E-state index contributed by atoms with van der Waals surface area (Å²) in [6, 6.07) is 8.36. The predicted molar refractivity (Wildman–Crippen MR) is 153 cm³/mol. The van der Waals surface area contributed by atoms with E-state index in [4.69, 9.17) is 4.74 Å². The van der Waals surface area contributed by atoms with Gasteiger partial charge in [-0.05, 0) is 17.9 Å². The Bertz CT molecular complexity index is 1070. The topological polar surface area (TPSA) is 87.2 Å². The number of likely N-dealkylation sites (tertiary alicyclic amines) is 1. The lowest BCUT2D eigenvalue weighted by Gasteiger charge is -2.41. The summed E-state index contributed by atoms with van der Waals surface area (Å²) in [5.41, 5.74) is 0.973. The number of benzene rings is 1. The Morgan fingerprint density at radius 2 is 2.03 bits per heavy atom. The molecule has 3 aliphatic rings. The van der Waals surface area contributed by atoms with Gasteiger partial charge in [-0.15, -0.1) is 18.3 Å². The first-order valence-corrected chi connectivity index (χ1v) is 15.0. The third-order valence-electron chi connectivity index (χ3n) is 8.30. The van der Waals surface area contributed by atoms with Crippen molar-refractivity contribution in [2.24, 2.45) is 17.8 Å². The summed E-state index contributed by atoms with van der Waals surface area (Å²) < 4.78 is 4.66. The molecule has 0 aliphatic carbocycles.